The highest BCUT2D eigenvalue weighted by Crippen LogP contribution is 2.60. The number of esters is 1. The van der Waals surface area contributed by atoms with Gasteiger partial charge in [-0.05, 0) is 50.7 Å². The largest absolute Gasteiger partial charge is 0.496 e. The van der Waals surface area contributed by atoms with Crippen LogP contribution in [-0.4, -0.2) is 47.4 Å². The van der Waals surface area contributed by atoms with Crippen LogP contribution in [0, 0.1) is 0 Å². The van der Waals surface area contributed by atoms with Crippen LogP contribution in [0.2, 0.25) is 0 Å². The minimum atomic E-state index is -1.53. The molecule has 0 saturated carbocycles. The fourth-order valence-electron chi connectivity index (χ4n) is 5.23. The van der Waals surface area contributed by atoms with E-state index in [0.29, 0.717) is 43.4 Å². The SMILES string of the molecule is COC1=C(C)C(=O)O[C@@]12C(=O)C(C)=C1CCCC(=O)N3CCC[C@]132. The lowest BCUT2D eigenvalue weighted by molar-refractivity contribution is -0.169. The summed E-state index contributed by atoms with van der Waals surface area (Å²) in [6.45, 7) is 3.98. The first-order valence-electron chi connectivity index (χ1n) is 8.46. The Bertz CT molecular complexity index is 749. The van der Waals surface area contributed by atoms with Crippen LogP contribution >= 0.6 is 0 Å². The lowest BCUT2D eigenvalue weighted by atomic mass is 9.73. The molecule has 2 spiro atoms. The molecule has 0 aromatic rings. The maximum atomic E-state index is 13.3. The molecule has 24 heavy (non-hydrogen) atoms. The molecule has 0 aromatic carbocycles. The quantitative estimate of drug-likeness (QED) is 0.683. The van der Waals surface area contributed by atoms with E-state index < -0.39 is 17.1 Å². The van der Waals surface area contributed by atoms with Crippen LogP contribution in [0.4, 0.5) is 0 Å². The highest BCUT2D eigenvalue weighted by atomic mass is 16.6. The predicted molar refractivity (Wildman–Crippen MR) is 83.8 cm³/mol. The van der Waals surface area contributed by atoms with Crippen LogP contribution in [0.3, 0.4) is 0 Å². The first kappa shape index (κ1) is 15.4. The Labute approximate surface area is 140 Å². The van der Waals surface area contributed by atoms with E-state index in [1.54, 1.807) is 18.7 Å². The van der Waals surface area contributed by atoms with Gasteiger partial charge in [-0.3, -0.25) is 9.59 Å². The van der Waals surface area contributed by atoms with Crippen molar-refractivity contribution in [2.75, 3.05) is 13.7 Å². The molecule has 0 N–H and O–H groups in total. The fraction of sp³-hybridized carbons (Fsp3) is 0.611. The highest BCUT2D eigenvalue weighted by molar-refractivity contribution is 6.14. The number of Topliss-reactive ketones (excluding diaryl/α,β-unsaturated/α-hetero) is 1. The summed E-state index contributed by atoms with van der Waals surface area (Å²) in [5.74, 6) is -0.470. The lowest BCUT2D eigenvalue weighted by Crippen LogP contribution is -2.65. The Hall–Kier alpha value is -2.11. The number of carbonyl (C=O) groups is 3. The van der Waals surface area contributed by atoms with E-state index in [9.17, 15) is 14.4 Å². The van der Waals surface area contributed by atoms with Crippen molar-refractivity contribution in [3.63, 3.8) is 0 Å². The van der Waals surface area contributed by atoms with Crippen molar-refractivity contribution in [3.8, 4) is 0 Å². The lowest BCUT2D eigenvalue weighted by Gasteiger charge is -2.45. The van der Waals surface area contributed by atoms with Crippen LogP contribution in [0.25, 0.3) is 0 Å². The molecule has 2 atom stereocenters. The first-order valence-corrected chi connectivity index (χ1v) is 8.46. The number of nitrogens with zero attached hydrogens (tertiary/aromatic N) is 1. The predicted octanol–water partition coefficient (Wildman–Crippen LogP) is 1.65. The molecule has 4 rings (SSSR count). The standard InChI is InChI=1S/C18H21NO5/c1-10-12-6-4-7-13(20)19-9-5-8-17(12,19)18(14(10)21)15(23-3)11(2)16(22)24-18/h4-9H2,1-3H3/t17-,18+/m1/s1. The van der Waals surface area contributed by atoms with E-state index in [0.717, 1.165) is 12.0 Å². The topological polar surface area (TPSA) is 72.9 Å². The van der Waals surface area contributed by atoms with Crippen molar-refractivity contribution in [2.24, 2.45) is 0 Å². The average Bonchev–Trinajstić information content (AvgIpc) is 3.12. The summed E-state index contributed by atoms with van der Waals surface area (Å²) >= 11 is 0. The third-order valence-corrected chi connectivity index (χ3v) is 6.11. The maximum Gasteiger partial charge on any atom is 0.338 e. The van der Waals surface area contributed by atoms with Gasteiger partial charge in [-0.25, -0.2) is 4.79 Å². The van der Waals surface area contributed by atoms with Crippen molar-refractivity contribution >= 4 is 17.7 Å². The van der Waals surface area contributed by atoms with Gasteiger partial charge in [-0.2, -0.15) is 0 Å². The molecule has 0 unspecified atom stereocenters. The van der Waals surface area contributed by atoms with Gasteiger partial charge in [0.15, 0.2) is 5.76 Å². The number of hydrogen-bond donors (Lipinski definition) is 0. The van der Waals surface area contributed by atoms with Crippen LogP contribution in [0.5, 0.6) is 0 Å². The Kier molecular flexibility index (Phi) is 3.03. The van der Waals surface area contributed by atoms with Crippen LogP contribution < -0.4 is 0 Å². The molecular formula is C18H21NO5. The van der Waals surface area contributed by atoms with Gasteiger partial charge >= 0.3 is 5.97 Å². The molecule has 2 saturated heterocycles. The van der Waals surface area contributed by atoms with Crippen molar-refractivity contribution in [2.45, 2.75) is 57.1 Å². The second-order valence-electron chi connectivity index (χ2n) is 7.02. The van der Waals surface area contributed by atoms with E-state index in [2.05, 4.69) is 0 Å². The number of ether oxygens (including phenoxy) is 2. The molecule has 3 heterocycles. The molecule has 2 fully saturated rings. The molecule has 1 amide bonds. The number of carbonyl (C=O) groups excluding carboxylic acids is 3. The molecule has 128 valence electrons. The zero-order chi connectivity index (χ0) is 17.3. The van der Waals surface area contributed by atoms with Gasteiger partial charge in [0.1, 0.15) is 5.54 Å². The summed E-state index contributed by atoms with van der Waals surface area (Å²) < 4.78 is 11.3. The first-order chi connectivity index (χ1) is 11.4. The van der Waals surface area contributed by atoms with Gasteiger partial charge < -0.3 is 14.4 Å². The molecule has 0 bridgehead atoms. The number of rotatable bonds is 1. The van der Waals surface area contributed by atoms with Crippen LogP contribution in [-0.2, 0) is 23.9 Å². The zero-order valence-electron chi connectivity index (χ0n) is 14.2. The van der Waals surface area contributed by atoms with Gasteiger partial charge in [0, 0.05) is 13.0 Å². The number of methoxy groups -OCH3 is 1. The second-order valence-corrected chi connectivity index (χ2v) is 7.02. The van der Waals surface area contributed by atoms with Crippen LogP contribution in [0.15, 0.2) is 22.5 Å². The van der Waals surface area contributed by atoms with Gasteiger partial charge in [0.2, 0.25) is 11.7 Å². The summed E-state index contributed by atoms with van der Waals surface area (Å²) in [7, 11) is 1.46. The molecule has 0 aromatic heterocycles. The minimum absolute atomic E-state index is 0.0282. The highest BCUT2D eigenvalue weighted by Gasteiger charge is 2.75. The summed E-state index contributed by atoms with van der Waals surface area (Å²) in [5.41, 5.74) is -0.543. The van der Waals surface area contributed by atoms with Crippen molar-refractivity contribution in [1.29, 1.82) is 0 Å². The molecule has 1 aliphatic carbocycles. The maximum absolute atomic E-state index is 13.3. The normalized spacial score (nSPS) is 35.6. The molecule has 3 aliphatic heterocycles. The Morgan fingerprint density at radius 3 is 2.54 bits per heavy atom. The Morgan fingerprint density at radius 2 is 1.83 bits per heavy atom. The van der Waals surface area contributed by atoms with Crippen molar-refractivity contribution < 1.29 is 23.9 Å². The summed E-state index contributed by atoms with van der Waals surface area (Å²) in [6, 6.07) is 0. The number of amides is 1. The molecular weight excluding hydrogens is 310 g/mol. The monoisotopic (exact) mass is 331 g/mol. The number of hydrogen-bond acceptors (Lipinski definition) is 5. The van der Waals surface area contributed by atoms with Gasteiger partial charge in [0.05, 0.1) is 12.7 Å². The summed E-state index contributed by atoms with van der Waals surface area (Å²) in [5, 5.41) is 0. The Balaban J connectivity index is 2.05. The van der Waals surface area contributed by atoms with E-state index in [4.69, 9.17) is 9.47 Å². The van der Waals surface area contributed by atoms with Crippen LogP contribution in [0.1, 0.15) is 46.0 Å². The van der Waals surface area contributed by atoms with E-state index in [-0.39, 0.29) is 17.4 Å². The molecule has 4 aliphatic rings. The smallest absolute Gasteiger partial charge is 0.338 e. The minimum Gasteiger partial charge on any atom is -0.496 e. The molecule has 0 radical (unpaired) electrons. The van der Waals surface area contributed by atoms with Gasteiger partial charge in [0.25, 0.3) is 5.60 Å². The third-order valence-electron chi connectivity index (χ3n) is 6.11. The summed E-state index contributed by atoms with van der Waals surface area (Å²) in [6.07, 6.45) is 3.25. The summed E-state index contributed by atoms with van der Waals surface area (Å²) in [4.78, 5) is 40.2. The molecule has 6 heteroatoms. The van der Waals surface area contributed by atoms with Crippen molar-refractivity contribution in [1.82, 2.24) is 4.90 Å². The van der Waals surface area contributed by atoms with E-state index in [1.807, 2.05) is 0 Å². The fourth-order valence-corrected chi connectivity index (χ4v) is 5.23. The Morgan fingerprint density at radius 1 is 1.08 bits per heavy atom. The van der Waals surface area contributed by atoms with Crippen molar-refractivity contribution in [3.05, 3.63) is 22.5 Å². The second kappa shape index (κ2) is 4.71. The van der Waals surface area contributed by atoms with Gasteiger partial charge in [-0.1, -0.05) is 0 Å². The average molecular weight is 331 g/mol. The van der Waals surface area contributed by atoms with Gasteiger partial charge in [-0.15, -0.1) is 0 Å². The third kappa shape index (κ3) is 1.41. The van der Waals surface area contributed by atoms with E-state index >= 15 is 0 Å². The number of ketones is 1. The zero-order valence-corrected chi connectivity index (χ0v) is 14.2. The van der Waals surface area contributed by atoms with E-state index in [1.165, 1.54) is 7.11 Å². The molecule has 6 nitrogen and oxygen atoms in total.